The highest BCUT2D eigenvalue weighted by Gasteiger charge is 2.24. The van der Waals surface area contributed by atoms with Crippen LogP contribution >= 0.6 is 0 Å². The highest BCUT2D eigenvalue weighted by molar-refractivity contribution is 5.92. The molecule has 2 heterocycles. The molecule has 0 aliphatic carbocycles. The van der Waals surface area contributed by atoms with E-state index in [2.05, 4.69) is 10.4 Å². The first kappa shape index (κ1) is 21.6. The molecular formula is C23H24FN5O3. The van der Waals surface area contributed by atoms with Crippen molar-refractivity contribution in [2.75, 3.05) is 38.0 Å². The summed E-state index contributed by atoms with van der Waals surface area (Å²) in [5, 5.41) is 8.22. The smallest absolute Gasteiger partial charge is 0.274 e. The van der Waals surface area contributed by atoms with E-state index in [-0.39, 0.29) is 30.3 Å². The topological polar surface area (TPSA) is 87.5 Å². The van der Waals surface area contributed by atoms with Crippen LogP contribution < -0.4 is 10.9 Å². The molecule has 1 N–H and O–H groups in total. The number of fused-ring (bicyclic) bond motifs is 1. The molecule has 0 saturated carbocycles. The Morgan fingerprint density at radius 3 is 2.47 bits per heavy atom. The Kier molecular flexibility index (Phi) is 6.27. The Balaban J connectivity index is 1.33. The largest absolute Gasteiger partial charge is 0.340 e. The zero-order valence-corrected chi connectivity index (χ0v) is 17.8. The number of aromatic nitrogens is 2. The van der Waals surface area contributed by atoms with Crippen LogP contribution in [0.1, 0.15) is 5.69 Å². The Hall–Kier alpha value is -3.59. The second-order valence-electron chi connectivity index (χ2n) is 7.81. The van der Waals surface area contributed by atoms with Gasteiger partial charge in [-0.15, -0.1) is 0 Å². The summed E-state index contributed by atoms with van der Waals surface area (Å²) in [6, 6.07) is 12.9. The van der Waals surface area contributed by atoms with Gasteiger partial charge in [-0.1, -0.05) is 24.3 Å². The number of benzene rings is 2. The number of hydrogen-bond acceptors (Lipinski definition) is 5. The van der Waals surface area contributed by atoms with Crippen molar-refractivity contribution >= 4 is 28.3 Å². The van der Waals surface area contributed by atoms with Crippen LogP contribution in [0.3, 0.4) is 0 Å². The number of piperazine rings is 1. The molecule has 1 aromatic heterocycles. The lowest BCUT2D eigenvalue weighted by Gasteiger charge is -2.34. The van der Waals surface area contributed by atoms with Crippen LogP contribution in [0.4, 0.5) is 10.1 Å². The Bertz CT molecular complexity index is 1220. The summed E-state index contributed by atoms with van der Waals surface area (Å²) in [6.07, 6.45) is 0.106. The fourth-order valence-electron chi connectivity index (χ4n) is 3.89. The summed E-state index contributed by atoms with van der Waals surface area (Å²) in [7, 11) is 1.58. The predicted octanol–water partition coefficient (Wildman–Crippen LogP) is 1.40. The van der Waals surface area contributed by atoms with E-state index in [0.717, 1.165) is 0 Å². The molecular weight excluding hydrogens is 413 g/mol. The van der Waals surface area contributed by atoms with Crippen molar-refractivity contribution in [2.24, 2.45) is 7.05 Å². The molecule has 3 aromatic rings. The standard InChI is InChI=1S/C23H24FN5O3/c1-27-23(32)19-8-3-2-7-18(19)20(26-27)14-22(31)29-11-9-28(10-12-29)15-21(30)25-17-6-4-5-16(24)13-17/h2-8,13H,9-12,14-15H2,1H3,(H,25,30). The van der Waals surface area contributed by atoms with Crippen molar-refractivity contribution in [3.05, 3.63) is 70.4 Å². The van der Waals surface area contributed by atoms with Gasteiger partial charge in [0.25, 0.3) is 5.56 Å². The van der Waals surface area contributed by atoms with Crippen LogP contribution in [-0.4, -0.2) is 64.1 Å². The molecule has 2 aromatic carbocycles. The highest BCUT2D eigenvalue weighted by atomic mass is 19.1. The van der Waals surface area contributed by atoms with Crippen LogP contribution in [0, 0.1) is 5.82 Å². The Morgan fingerprint density at radius 2 is 1.75 bits per heavy atom. The van der Waals surface area contributed by atoms with Crippen molar-refractivity contribution in [1.29, 1.82) is 0 Å². The molecule has 1 fully saturated rings. The van der Waals surface area contributed by atoms with Gasteiger partial charge in [0.1, 0.15) is 5.82 Å². The van der Waals surface area contributed by atoms with Crippen LogP contribution in [0.25, 0.3) is 10.8 Å². The van der Waals surface area contributed by atoms with E-state index in [1.54, 1.807) is 30.1 Å². The molecule has 8 nitrogen and oxygen atoms in total. The number of nitrogens with one attached hydrogen (secondary N) is 1. The normalized spacial score (nSPS) is 14.5. The van der Waals surface area contributed by atoms with Gasteiger partial charge in [0.05, 0.1) is 24.0 Å². The molecule has 1 aliphatic heterocycles. The molecule has 4 rings (SSSR count). The summed E-state index contributed by atoms with van der Waals surface area (Å²) in [5.41, 5.74) is 0.798. The molecule has 0 radical (unpaired) electrons. The lowest BCUT2D eigenvalue weighted by molar-refractivity contribution is -0.132. The molecule has 2 amide bonds. The van der Waals surface area contributed by atoms with E-state index >= 15 is 0 Å². The lowest BCUT2D eigenvalue weighted by atomic mass is 10.1. The van der Waals surface area contributed by atoms with Gasteiger partial charge in [0.15, 0.2) is 0 Å². The summed E-state index contributed by atoms with van der Waals surface area (Å²) in [6.45, 7) is 2.28. The van der Waals surface area contributed by atoms with Crippen molar-refractivity contribution in [2.45, 2.75) is 6.42 Å². The van der Waals surface area contributed by atoms with Gasteiger partial charge in [0.2, 0.25) is 11.8 Å². The second kappa shape index (κ2) is 9.27. The maximum Gasteiger partial charge on any atom is 0.274 e. The van der Waals surface area contributed by atoms with Crippen LogP contribution in [0.5, 0.6) is 0 Å². The number of carbonyl (C=O) groups is 2. The Morgan fingerprint density at radius 1 is 1.03 bits per heavy atom. The number of rotatable bonds is 5. The average molecular weight is 437 g/mol. The fourth-order valence-corrected chi connectivity index (χ4v) is 3.89. The molecule has 1 saturated heterocycles. The molecule has 1 aliphatic rings. The monoisotopic (exact) mass is 437 g/mol. The highest BCUT2D eigenvalue weighted by Crippen LogP contribution is 2.15. The molecule has 32 heavy (non-hydrogen) atoms. The number of anilines is 1. The first-order valence-electron chi connectivity index (χ1n) is 10.4. The number of hydrogen-bond donors (Lipinski definition) is 1. The van der Waals surface area contributed by atoms with Gasteiger partial charge < -0.3 is 10.2 Å². The van der Waals surface area contributed by atoms with E-state index in [1.807, 2.05) is 17.0 Å². The number of carbonyl (C=O) groups excluding carboxylic acids is 2. The maximum atomic E-state index is 13.3. The summed E-state index contributed by atoms with van der Waals surface area (Å²) in [4.78, 5) is 41.1. The van der Waals surface area contributed by atoms with Gasteiger partial charge in [-0.05, 0) is 24.3 Å². The van der Waals surface area contributed by atoms with Crippen LogP contribution in [0.15, 0.2) is 53.3 Å². The second-order valence-corrected chi connectivity index (χ2v) is 7.81. The lowest BCUT2D eigenvalue weighted by Crippen LogP contribution is -2.50. The number of amides is 2. The van der Waals surface area contributed by atoms with Crippen LogP contribution in [-0.2, 0) is 23.1 Å². The van der Waals surface area contributed by atoms with E-state index in [0.29, 0.717) is 48.3 Å². The summed E-state index contributed by atoms with van der Waals surface area (Å²) >= 11 is 0. The van der Waals surface area contributed by atoms with E-state index in [9.17, 15) is 18.8 Å². The molecule has 0 bridgehead atoms. The maximum absolute atomic E-state index is 13.3. The van der Waals surface area contributed by atoms with Crippen molar-refractivity contribution in [1.82, 2.24) is 19.6 Å². The quantitative estimate of drug-likeness (QED) is 0.652. The minimum atomic E-state index is -0.407. The SMILES string of the molecule is Cn1nc(CC(=O)N2CCN(CC(=O)Nc3cccc(F)c3)CC2)c2ccccc2c1=O. The third kappa shape index (κ3) is 4.83. The fraction of sp³-hybridized carbons (Fsp3) is 0.304. The molecule has 0 atom stereocenters. The molecule has 0 unspecified atom stereocenters. The molecule has 9 heteroatoms. The van der Waals surface area contributed by atoms with E-state index < -0.39 is 5.82 Å². The Labute approximate surface area is 184 Å². The first-order valence-corrected chi connectivity index (χ1v) is 10.4. The minimum Gasteiger partial charge on any atom is -0.340 e. The van der Waals surface area contributed by atoms with E-state index in [1.165, 1.54) is 22.9 Å². The van der Waals surface area contributed by atoms with Gasteiger partial charge in [-0.3, -0.25) is 19.3 Å². The first-order chi connectivity index (χ1) is 15.4. The van der Waals surface area contributed by atoms with Gasteiger partial charge in [-0.25, -0.2) is 9.07 Å². The minimum absolute atomic E-state index is 0.0647. The molecule has 0 spiro atoms. The average Bonchev–Trinajstić information content (AvgIpc) is 2.77. The predicted molar refractivity (Wildman–Crippen MR) is 119 cm³/mol. The third-order valence-electron chi connectivity index (χ3n) is 5.55. The zero-order valence-electron chi connectivity index (χ0n) is 17.8. The van der Waals surface area contributed by atoms with Crippen LogP contribution in [0.2, 0.25) is 0 Å². The van der Waals surface area contributed by atoms with Crippen molar-refractivity contribution in [3.8, 4) is 0 Å². The van der Waals surface area contributed by atoms with Crippen molar-refractivity contribution < 1.29 is 14.0 Å². The summed E-state index contributed by atoms with van der Waals surface area (Å²) < 4.78 is 14.5. The molecule has 166 valence electrons. The number of aryl methyl sites for hydroxylation is 1. The summed E-state index contributed by atoms with van der Waals surface area (Å²) in [5.74, 6) is -0.697. The number of nitrogens with zero attached hydrogens (tertiary/aromatic N) is 4. The van der Waals surface area contributed by atoms with Crippen molar-refractivity contribution in [3.63, 3.8) is 0 Å². The van der Waals surface area contributed by atoms with E-state index in [4.69, 9.17) is 0 Å². The van der Waals surface area contributed by atoms with Gasteiger partial charge in [0, 0.05) is 44.3 Å². The van der Waals surface area contributed by atoms with Gasteiger partial charge >= 0.3 is 0 Å². The third-order valence-corrected chi connectivity index (χ3v) is 5.55. The zero-order chi connectivity index (χ0) is 22.7. The van der Waals surface area contributed by atoms with Gasteiger partial charge in [-0.2, -0.15) is 5.10 Å². The number of halogens is 1.